The highest BCUT2D eigenvalue weighted by Crippen LogP contribution is 2.38. The molecule has 0 amide bonds. The molecule has 4 rings (SSSR count). The van der Waals surface area contributed by atoms with Crippen LogP contribution in [0.3, 0.4) is 0 Å². The first-order valence-electron chi connectivity index (χ1n) is 10.1. The summed E-state index contributed by atoms with van der Waals surface area (Å²) in [6, 6.07) is 10.5. The van der Waals surface area contributed by atoms with Crippen molar-refractivity contribution in [3.63, 3.8) is 0 Å². The van der Waals surface area contributed by atoms with E-state index >= 15 is 0 Å². The van der Waals surface area contributed by atoms with Crippen LogP contribution in [0.2, 0.25) is 0 Å². The van der Waals surface area contributed by atoms with Crippen molar-refractivity contribution < 1.29 is 4.84 Å². The summed E-state index contributed by atoms with van der Waals surface area (Å²) in [6.07, 6.45) is 9.93. The Morgan fingerprint density at radius 3 is 2.68 bits per heavy atom. The molecule has 1 aromatic carbocycles. The molecule has 0 bridgehead atoms. The van der Waals surface area contributed by atoms with Gasteiger partial charge in [0, 0.05) is 49.0 Å². The zero-order chi connectivity index (χ0) is 19.6. The summed E-state index contributed by atoms with van der Waals surface area (Å²) >= 11 is 0. The molecule has 0 radical (unpaired) electrons. The van der Waals surface area contributed by atoms with Gasteiger partial charge in [-0.05, 0) is 38.3 Å². The van der Waals surface area contributed by atoms with Crippen LogP contribution in [0.15, 0.2) is 77.2 Å². The topological polar surface area (TPSA) is 36.9 Å². The standard InChI is InChI=1S/C24H29N3O/c1-4-10-20(28-27-13-8-9-14-27)15-19-16-22-21(17-24(2,3)26-22)23(25-19)18-11-6-5-7-12-18/h4-7,10-12,15,25H,1,8-9,13-14,16-17H2,2-3H3/b19-15+,20-10+. The van der Waals surface area contributed by atoms with Crippen LogP contribution < -0.4 is 5.32 Å². The zero-order valence-electron chi connectivity index (χ0n) is 16.9. The van der Waals surface area contributed by atoms with Crippen LogP contribution in [-0.2, 0) is 4.84 Å². The van der Waals surface area contributed by atoms with Crippen LogP contribution in [0.1, 0.15) is 45.1 Å². The molecule has 0 atom stereocenters. The normalized spacial score (nSPS) is 23.4. The Kier molecular flexibility index (Phi) is 5.23. The highest BCUT2D eigenvalue weighted by atomic mass is 16.7. The molecule has 4 nitrogen and oxygen atoms in total. The first-order chi connectivity index (χ1) is 13.5. The van der Waals surface area contributed by atoms with Crippen LogP contribution in [0.5, 0.6) is 0 Å². The highest BCUT2D eigenvalue weighted by Gasteiger charge is 2.34. The lowest BCUT2D eigenvalue weighted by Gasteiger charge is -2.25. The third-order valence-electron chi connectivity index (χ3n) is 5.30. The van der Waals surface area contributed by atoms with Gasteiger partial charge in [-0.3, -0.25) is 4.99 Å². The minimum Gasteiger partial charge on any atom is -0.406 e. The summed E-state index contributed by atoms with van der Waals surface area (Å²) in [7, 11) is 0. The van der Waals surface area contributed by atoms with Gasteiger partial charge >= 0.3 is 0 Å². The molecule has 0 saturated carbocycles. The Morgan fingerprint density at radius 2 is 1.96 bits per heavy atom. The Bertz CT molecular complexity index is 868. The number of nitrogens with one attached hydrogen (secondary N) is 1. The summed E-state index contributed by atoms with van der Waals surface area (Å²) in [6.45, 7) is 10.2. The number of rotatable bonds is 5. The Morgan fingerprint density at radius 1 is 1.21 bits per heavy atom. The van der Waals surface area contributed by atoms with Crippen LogP contribution in [-0.4, -0.2) is 29.4 Å². The van der Waals surface area contributed by atoms with E-state index in [1.165, 1.54) is 35.4 Å². The van der Waals surface area contributed by atoms with E-state index in [-0.39, 0.29) is 5.54 Å². The van der Waals surface area contributed by atoms with Crippen molar-refractivity contribution in [1.29, 1.82) is 0 Å². The van der Waals surface area contributed by atoms with E-state index < -0.39 is 0 Å². The fourth-order valence-electron chi connectivity index (χ4n) is 4.11. The smallest absolute Gasteiger partial charge is 0.149 e. The fourth-order valence-corrected chi connectivity index (χ4v) is 4.11. The van der Waals surface area contributed by atoms with Crippen molar-refractivity contribution in [2.24, 2.45) is 4.99 Å². The number of aliphatic imine (C=N–C) groups is 1. The maximum absolute atomic E-state index is 6.10. The molecule has 4 heteroatoms. The molecule has 0 spiro atoms. The van der Waals surface area contributed by atoms with Crippen molar-refractivity contribution in [3.05, 3.63) is 77.7 Å². The summed E-state index contributed by atoms with van der Waals surface area (Å²) < 4.78 is 0. The van der Waals surface area contributed by atoms with Crippen molar-refractivity contribution in [3.8, 4) is 0 Å². The third-order valence-corrected chi connectivity index (χ3v) is 5.30. The van der Waals surface area contributed by atoms with Gasteiger partial charge < -0.3 is 10.2 Å². The van der Waals surface area contributed by atoms with E-state index in [2.05, 4.69) is 62.2 Å². The van der Waals surface area contributed by atoms with Crippen LogP contribution in [0.25, 0.3) is 5.70 Å². The summed E-state index contributed by atoms with van der Waals surface area (Å²) in [5, 5.41) is 5.71. The van der Waals surface area contributed by atoms with E-state index in [0.717, 1.165) is 37.4 Å². The molecule has 1 saturated heterocycles. The Balaban J connectivity index is 1.67. The lowest BCUT2D eigenvalue weighted by molar-refractivity contribution is -0.0947. The molecule has 146 valence electrons. The van der Waals surface area contributed by atoms with Gasteiger partial charge in [-0.1, -0.05) is 43.0 Å². The van der Waals surface area contributed by atoms with Crippen LogP contribution >= 0.6 is 0 Å². The molecular formula is C24H29N3O. The second kappa shape index (κ2) is 7.80. The average Bonchev–Trinajstić information content (AvgIpc) is 3.28. The van der Waals surface area contributed by atoms with Crippen LogP contribution in [0, 0.1) is 0 Å². The molecule has 1 N–H and O–H groups in total. The first kappa shape index (κ1) is 18.8. The monoisotopic (exact) mass is 375 g/mol. The van der Waals surface area contributed by atoms with Crippen molar-refractivity contribution in [2.75, 3.05) is 13.1 Å². The number of benzene rings is 1. The molecule has 0 unspecified atom stereocenters. The van der Waals surface area contributed by atoms with Gasteiger partial charge in [-0.2, -0.15) is 0 Å². The quantitative estimate of drug-likeness (QED) is 0.581. The molecule has 3 aliphatic rings. The van der Waals surface area contributed by atoms with Gasteiger partial charge in [0.05, 0.1) is 11.2 Å². The summed E-state index contributed by atoms with van der Waals surface area (Å²) in [5.74, 6) is 0.813. The average molecular weight is 376 g/mol. The molecular weight excluding hydrogens is 346 g/mol. The minimum absolute atomic E-state index is 0.0480. The van der Waals surface area contributed by atoms with E-state index in [1.807, 2.05) is 11.1 Å². The predicted molar refractivity (Wildman–Crippen MR) is 116 cm³/mol. The van der Waals surface area contributed by atoms with Crippen molar-refractivity contribution in [2.45, 2.75) is 45.1 Å². The summed E-state index contributed by atoms with van der Waals surface area (Å²) in [5.41, 5.74) is 5.94. The number of hydrogen-bond donors (Lipinski definition) is 1. The SMILES string of the molecule is C=C/C=C(\C=C1/CC2=NC(C)(C)CC2=C(c2ccccc2)N1)ON1CCCC1. The number of fused-ring (bicyclic) bond motifs is 1. The minimum atomic E-state index is -0.0480. The third kappa shape index (κ3) is 4.12. The molecule has 1 aromatic rings. The van der Waals surface area contributed by atoms with E-state index in [4.69, 9.17) is 9.83 Å². The van der Waals surface area contributed by atoms with Gasteiger partial charge in [0.25, 0.3) is 0 Å². The van der Waals surface area contributed by atoms with Gasteiger partial charge in [0.15, 0.2) is 0 Å². The van der Waals surface area contributed by atoms with E-state index in [1.54, 1.807) is 6.08 Å². The Labute approximate surface area is 167 Å². The predicted octanol–water partition coefficient (Wildman–Crippen LogP) is 5.00. The second-order valence-electron chi connectivity index (χ2n) is 8.27. The van der Waals surface area contributed by atoms with E-state index in [0.29, 0.717) is 0 Å². The number of allylic oxidation sites excluding steroid dienone is 4. The Hall–Kier alpha value is -2.59. The highest BCUT2D eigenvalue weighted by molar-refractivity contribution is 6.11. The van der Waals surface area contributed by atoms with E-state index in [9.17, 15) is 0 Å². The molecule has 28 heavy (non-hydrogen) atoms. The number of nitrogens with zero attached hydrogens (tertiary/aromatic N) is 2. The molecule has 0 aromatic heterocycles. The lowest BCUT2D eigenvalue weighted by atomic mass is 9.90. The molecule has 1 fully saturated rings. The lowest BCUT2D eigenvalue weighted by Crippen LogP contribution is -2.25. The largest absolute Gasteiger partial charge is 0.406 e. The van der Waals surface area contributed by atoms with Gasteiger partial charge in [0.2, 0.25) is 0 Å². The maximum atomic E-state index is 6.10. The fraction of sp³-hybridized carbons (Fsp3) is 0.375. The number of hydroxylamine groups is 2. The van der Waals surface area contributed by atoms with Gasteiger partial charge in [0.1, 0.15) is 5.76 Å². The van der Waals surface area contributed by atoms with Gasteiger partial charge in [-0.25, -0.2) is 0 Å². The first-order valence-corrected chi connectivity index (χ1v) is 10.1. The molecule has 3 aliphatic heterocycles. The zero-order valence-corrected chi connectivity index (χ0v) is 16.9. The van der Waals surface area contributed by atoms with Crippen LogP contribution in [0.4, 0.5) is 0 Å². The molecule has 3 heterocycles. The summed E-state index contributed by atoms with van der Waals surface area (Å²) in [4.78, 5) is 11.1. The van der Waals surface area contributed by atoms with Gasteiger partial charge in [-0.15, -0.1) is 5.06 Å². The second-order valence-corrected chi connectivity index (χ2v) is 8.27. The molecule has 0 aliphatic carbocycles. The number of hydrogen-bond acceptors (Lipinski definition) is 4. The van der Waals surface area contributed by atoms with Crippen molar-refractivity contribution >= 4 is 11.4 Å². The van der Waals surface area contributed by atoms with Crippen molar-refractivity contribution in [1.82, 2.24) is 10.4 Å². The maximum Gasteiger partial charge on any atom is 0.149 e.